The average molecular weight is 383 g/mol. The maximum atomic E-state index is 12.5. The van der Waals surface area contributed by atoms with Crippen LogP contribution < -0.4 is 14.8 Å². The van der Waals surface area contributed by atoms with E-state index in [1.54, 1.807) is 19.1 Å². The summed E-state index contributed by atoms with van der Waals surface area (Å²) >= 11 is 0. The molecule has 0 heterocycles. The predicted molar refractivity (Wildman–Crippen MR) is 102 cm³/mol. The highest BCUT2D eigenvalue weighted by atomic mass is 32.2. The van der Waals surface area contributed by atoms with Gasteiger partial charge >= 0.3 is 0 Å². The molecule has 6 nitrogen and oxygen atoms in total. The zero-order chi connectivity index (χ0) is 19.2. The standard InChI is InChI=1S/C19H30N2O4S/c1-4-5-7-15-8-6-9-18(15)20-19(22)14(2)21-26(23,24)17-12-10-16(25-3)11-13-17/h10-15,18,21H,4-9H2,1-3H3,(H,20,22)/t14-,15?,18?/m0/s1. The molecule has 1 fully saturated rings. The van der Waals surface area contributed by atoms with Gasteiger partial charge < -0.3 is 10.1 Å². The highest BCUT2D eigenvalue weighted by Crippen LogP contribution is 2.30. The van der Waals surface area contributed by atoms with Gasteiger partial charge in [0, 0.05) is 6.04 Å². The highest BCUT2D eigenvalue weighted by Gasteiger charge is 2.30. The van der Waals surface area contributed by atoms with Crippen LogP contribution in [0.25, 0.3) is 0 Å². The lowest BCUT2D eigenvalue weighted by atomic mass is 9.96. The van der Waals surface area contributed by atoms with Gasteiger partial charge in [-0.1, -0.05) is 26.2 Å². The first kappa shape index (κ1) is 20.7. The summed E-state index contributed by atoms with van der Waals surface area (Å²) in [7, 11) is -2.24. The van der Waals surface area contributed by atoms with E-state index in [1.807, 2.05) is 0 Å². The highest BCUT2D eigenvalue weighted by molar-refractivity contribution is 7.89. The largest absolute Gasteiger partial charge is 0.497 e. The maximum absolute atomic E-state index is 12.5. The zero-order valence-corrected chi connectivity index (χ0v) is 16.6. The number of carbonyl (C=O) groups excluding carboxylic acids is 1. The lowest BCUT2D eigenvalue weighted by molar-refractivity contribution is -0.123. The van der Waals surface area contributed by atoms with Crippen molar-refractivity contribution in [1.82, 2.24) is 10.0 Å². The van der Waals surface area contributed by atoms with Crippen LogP contribution in [-0.2, 0) is 14.8 Å². The van der Waals surface area contributed by atoms with Gasteiger partial charge in [-0.05, 0) is 56.4 Å². The lowest BCUT2D eigenvalue weighted by Crippen LogP contribution is -2.48. The van der Waals surface area contributed by atoms with Gasteiger partial charge in [0.1, 0.15) is 5.75 Å². The van der Waals surface area contributed by atoms with Crippen LogP contribution in [-0.4, -0.2) is 33.5 Å². The summed E-state index contributed by atoms with van der Waals surface area (Å²) in [5, 5.41) is 3.04. The number of methoxy groups -OCH3 is 1. The SMILES string of the molecule is CCCCC1CCCC1NC(=O)[C@H](C)NS(=O)(=O)c1ccc(OC)cc1. The van der Waals surface area contributed by atoms with Crippen molar-refractivity contribution in [2.45, 2.75) is 69.4 Å². The Morgan fingerprint density at radius 3 is 2.58 bits per heavy atom. The molecule has 0 saturated heterocycles. The van der Waals surface area contributed by atoms with E-state index in [9.17, 15) is 13.2 Å². The van der Waals surface area contributed by atoms with Gasteiger partial charge in [-0.25, -0.2) is 8.42 Å². The maximum Gasteiger partial charge on any atom is 0.241 e. The van der Waals surface area contributed by atoms with E-state index in [4.69, 9.17) is 4.74 Å². The molecule has 1 aliphatic rings. The molecule has 0 bridgehead atoms. The second-order valence-electron chi connectivity index (χ2n) is 6.97. The topological polar surface area (TPSA) is 84.5 Å². The molecule has 0 aromatic heterocycles. The number of carbonyl (C=O) groups is 1. The molecule has 1 aromatic rings. The summed E-state index contributed by atoms with van der Waals surface area (Å²) in [5.74, 6) is 0.814. The van der Waals surface area contributed by atoms with Crippen LogP contribution >= 0.6 is 0 Å². The number of sulfonamides is 1. The van der Waals surface area contributed by atoms with Crippen molar-refractivity contribution < 1.29 is 17.9 Å². The molecule has 1 aliphatic carbocycles. The van der Waals surface area contributed by atoms with E-state index in [0.717, 1.165) is 38.5 Å². The molecule has 0 radical (unpaired) electrons. The minimum absolute atomic E-state index is 0.111. The first-order valence-corrected chi connectivity index (χ1v) is 10.8. The summed E-state index contributed by atoms with van der Waals surface area (Å²) in [6.07, 6.45) is 6.65. The van der Waals surface area contributed by atoms with Crippen LogP contribution in [0.2, 0.25) is 0 Å². The van der Waals surface area contributed by atoms with Crippen LogP contribution in [0.15, 0.2) is 29.2 Å². The number of hydrogen-bond acceptors (Lipinski definition) is 4. The average Bonchev–Trinajstić information content (AvgIpc) is 3.06. The number of benzene rings is 1. The Hall–Kier alpha value is -1.60. The van der Waals surface area contributed by atoms with Crippen LogP contribution in [0, 0.1) is 5.92 Å². The predicted octanol–water partition coefficient (Wildman–Crippen LogP) is 2.84. The van der Waals surface area contributed by atoms with Gasteiger partial charge in [0.15, 0.2) is 0 Å². The molecule has 7 heteroatoms. The van der Waals surface area contributed by atoms with E-state index in [0.29, 0.717) is 11.7 Å². The summed E-state index contributed by atoms with van der Waals surface area (Å²) in [6, 6.07) is 5.41. The van der Waals surface area contributed by atoms with Crippen LogP contribution in [0.1, 0.15) is 52.4 Å². The van der Waals surface area contributed by atoms with Gasteiger partial charge in [-0.3, -0.25) is 4.79 Å². The molecule has 2 rings (SSSR count). The Bertz CT molecular complexity index is 688. The molecule has 2 N–H and O–H groups in total. The van der Waals surface area contributed by atoms with E-state index in [-0.39, 0.29) is 16.8 Å². The van der Waals surface area contributed by atoms with Crippen molar-refractivity contribution >= 4 is 15.9 Å². The molecule has 1 saturated carbocycles. The second kappa shape index (κ2) is 9.37. The van der Waals surface area contributed by atoms with Crippen LogP contribution in [0.3, 0.4) is 0 Å². The number of nitrogens with one attached hydrogen (secondary N) is 2. The molecule has 146 valence electrons. The number of unbranched alkanes of at least 4 members (excludes halogenated alkanes) is 1. The minimum atomic E-state index is -3.76. The second-order valence-corrected chi connectivity index (χ2v) is 8.68. The summed E-state index contributed by atoms with van der Waals surface area (Å²) in [4.78, 5) is 12.6. The van der Waals surface area contributed by atoms with Gasteiger partial charge in [0.05, 0.1) is 18.0 Å². The fourth-order valence-electron chi connectivity index (χ4n) is 3.46. The van der Waals surface area contributed by atoms with Crippen molar-refractivity contribution in [2.75, 3.05) is 7.11 Å². The smallest absolute Gasteiger partial charge is 0.241 e. The van der Waals surface area contributed by atoms with Gasteiger partial charge in [-0.2, -0.15) is 4.72 Å². The molecule has 2 unspecified atom stereocenters. The van der Waals surface area contributed by atoms with Crippen molar-refractivity contribution in [2.24, 2.45) is 5.92 Å². The molecule has 3 atom stereocenters. The minimum Gasteiger partial charge on any atom is -0.497 e. The molecule has 1 amide bonds. The Kier molecular flexibility index (Phi) is 7.46. The third-order valence-electron chi connectivity index (χ3n) is 5.01. The first-order valence-electron chi connectivity index (χ1n) is 9.34. The summed E-state index contributed by atoms with van der Waals surface area (Å²) in [5.41, 5.74) is 0. The quantitative estimate of drug-likeness (QED) is 0.688. The van der Waals surface area contributed by atoms with Crippen LogP contribution in [0.4, 0.5) is 0 Å². The number of rotatable bonds is 9. The van der Waals surface area contributed by atoms with Crippen molar-refractivity contribution in [3.63, 3.8) is 0 Å². The Labute approximate surface area is 156 Å². The fourth-order valence-corrected chi connectivity index (χ4v) is 4.66. The molecule has 1 aromatic carbocycles. The Morgan fingerprint density at radius 1 is 1.27 bits per heavy atom. The van der Waals surface area contributed by atoms with Gasteiger partial charge in [-0.15, -0.1) is 0 Å². The number of ether oxygens (including phenoxy) is 1. The van der Waals surface area contributed by atoms with Gasteiger partial charge in [0.25, 0.3) is 0 Å². The third-order valence-corrected chi connectivity index (χ3v) is 6.57. The molecule has 0 spiro atoms. The number of hydrogen-bond donors (Lipinski definition) is 2. The summed E-state index contributed by atoms with van der Waals surface area (Å²) < 4.78 is 32.4. The molecule has 0 aliphatic heterocycles. The molecule has 26 heavy (non-hydrogen) atoms. The van der Waals surface area contributed by atoms with Gasteiger partial charge in [0.2, 0.25) is 15.9 Å². The Morgan fingerprint density at radius 2 is 1.96 bits per heavy atom. The molecular weight excluding hydrogens is 352 g/mol. The van der Waals surface area contributed by atoms with E-state index >= 15 is 0 Å². The zero-order valence-electron chi connectivity index (χ0n) is 15.8. The van der Waals surface area contributed by atoms with Crippen molar-refractivity contribution in [1.29, 1.82) is 0 Å². The molecular formula is C19H30N2O4S. The fraction of sp³-hybridized carbons (Fsp3) is 0.632. The first-order chi connectivity index (χ1) is 12.4. The Balaban J connectivity index is 1.94. The lowest BCUT2D eigenvalue weighted by Gasteiger charge is -2.23. The van der Waals surface area contributed by atoms with Crippen LogP contribution in [0.5, 0.6) is 5.75 Å². The van der Waals surface area contributed by atoms with E-state index in [2.05, 4.69) is 17.0 Å². The van der Waals surface area contributed by atoms with E-state index < -0.39 is 16.1 Å². The van der Waals surface area contributed by atoms with Crippen molar-refractivity contribution in [3.05, 3.63) is 24.3 Å². The van der Waals surface area contributed by atoms with Crippen molar-refractivity contribution in [3.8, 4) is 5.75 Å². The van der Waals surface area contributed by atoms with E-state index in [1.165, 1.54) is 19.2 Å². The summed E-state index contributed by atoms with van der Waals surface area (Å²) in [6.45, 7) is 3.74. The third kappa shape index (κ3) is 5.45. The normalized spacial score (nSPS) is 21.3. The number of amides is 1. The monoisotopic (exact) mass is 382 g/mol.